The number of anilines is 2. The van der Waals surface area contributed by atoms with Gasteiger partial charge in [-0.2, -0.15) is 0 Å². The van der Waals surface area contributed by atoms with Gasteiger partial charge in [0.1, 0.15) is 0 Å². The summed E-state index contributed by atoms with van der Waals surface area (Å²) >= 11 is 0. The van der Waals surface area contributed by atoms with Gasteiger partial charge in [-0.3, -0.25) is 0 Å². The second kappa shape index (κ2) is 14.2. The van der Waals surface area contributed by atoms with Gasteiger partial charge in [0.2, 0.25) is 0 Å². The summed E-state index contributed by atoms with van der Waals surface area (Å²) in [5, 5.41) is 7.57. The average molecular weight is 793 g/mol. The lowest BCUT2D eigenvalue weighted by Crippen LogP contribution is -2.19. The smallest absolute Gasteiger partial charge is 0.0547 e. The Balaban J connectivity index is 1.07. The van der Waals surface area contributed by atoms with Crippen LogP contribution in [0.5, 0.6) is 0 Å². The highest BCUT2D eigenvalue weighted by molar-refractivity contribution is 6.25. The van der Waals surface area contributed by atoms with Gasteiger partial charge in [-0.15, -0.1) is 0 Å². The van der Waals surface area contributed by atoms with Crippen LogP contribution in [0, 0.1) is 0 Å². The Labute approximate surface area is 362 Å². The van der Waals surface area contributed by atoms with Crippen molar-refractivity contribution in [2.24, 2.45) is 0 Å². The van der Waals surface area contributed by atoms with E-state index in [0.717, 1.165) is 11.4 Å². The van der Waals surface area contributed by atoms with Crippen molar-refractivity contribution < 1.29 is 0 Å². The first kappa shape index (κ1) is 36.2. The third kappa shape index (κ3) is 5.64. The molecule has 0 amide bonds. The van der Waals surface area contributed by atoms with Gasteiger partial charge in [0, 0.05) is 39.8 Å². The normalized spacial score (nSPS) is 12.9. The quantitative estimate of drug-likeness (QED) is 0.156. The van der Waals surface area contributed by atoms with E-state index in [1.165, 1.54) is 99.1 Å². The van der Waals surface area contributed by atoms with Crippen molar-refractivity contribution in [3.8, 4) is 39.1 Å². The minimum atomic E-state index is -0.117. The maximum absolute atomic E-state index is 2.52. The van der Waals surface area contributed by atoms with Crippen LogP contribution in [-0.2, 0) is 12.0 Å². The van der Waals surface area contributed by atoms with Gasteiger partial charge in [-0.25, -0.2) is 0 Å². The standard InChI is InChI=1S/C60H44N2/c1-60(2)54-31-12-10-27-50(54)51-35-34-45(38-55(51)60)61(39-43-20-7-8-25-47(43)40-17-4-3-5-18-40)44-23-16-24-46(37-44)62-56-32-13-11-28-53(56)59-57(62)36-33-42-22-15-30-52(58(42)59)49-29-14-21-41-19-6-9-26-48(41)49/h3-38H,39H2,1-2H3. The predicted octanol–water partition coefficient (Wildman–Crippen LogP) is 16.1. The highest BCUT2D eigenvalue weighted by atomic mass is 15.1. The fourth-order valence-electron chi connectivity index (χ4n) is 10.5. The number of aromatic nitrogens is 1. The molecule has 1 aromatic heterocycles. The van der Waals surface area contributed by atoms with Crippen LogP contribution < -0.4 is 4.90 Å². The third-order valence-electron chi connectivity index (χ3n) is 13.5. The summed E-state index contributed by atoms with van der Waals surface area (Å²) in [4.78, 5) is 2.52. The summed E-state index contributed by atoms with van der Waals surface area (Å²) in [6, 6.07) is 80.7. The Bertz CT molecular complexity index is 3530. The molecule has 2 heteroatoms. The highest BCUT2D eigenvalue weighted by Crippen LogP contribution is 2.50. The monoisotopic (exact) mass is 792 g/mol. The van der Waals surface area contributed by atoms with Gasteiger partial charge in [0.25, 0.3) is 0 Å². The minimum absolute atomic E-state index is 0.117. The molecule has 0 aliphatic heterocycles. The van der Waals surface area contributed by atoms with Gasteiger partial charge in [0.15, 0.2) is 0 Å². The van der Waals surface area contributed by atoms with E-state index >= 15 is 0 Å². The molecule has 0 fully saturated rings. The summed E-state index contributed by atoms with van der Waals surface area (Å²) in [7, 11) is 0. The molecule has 10 aromatic carbocycles. The van der Waals surface area contributed by atoms with E-state index in [0.29, 0.717) is 6.54 Å². The Morgan fingerprint density at radius 3 is 1.94 bits per heavy atom. The topological polar surface area (TPSA) is 8.17 Å². The average Bonchev–Trinajstić information content (AvgIpc) is 3.79. The lowest BCUT2D eigenvalue weighted by molar-refractivity contribution is 0.660. The molecule has 2 nitrogen and oxygen atoms in total. The first-order chi connectivity index (χ1) is 30.5. The molecular weight excluding hydrogens is 749 g/mol. The van der Waals surface area contributed by atoms with Gasteiger partial charge >= 0.3 is 0 Å². The van der Waals surface area contributed by atoms with Gasteiger partial charge in [-0.1, -0.05) is 190 Å². The molecule has 0 radical (unpaired) electrons. The number of hydrogen-bond donors (Lipinski definition) is 0. The van der Waals surface area contributed by atoms with Crippen LogP contribution in [0.15, 0.2) is 218 Å². The molecule has 0 unspecified atom stereocenters. The summed E-state index contributed by atoms with van der Waals surface area (Å²) in [5.74, 6) is 0. The molecule has 1 aliphatic rings. The second-order valence-corrected chi connectivity index (χ2v) is 17.3. The van der Waals surface area contributed by atoms with Crippen LogP contribution in [0.25, 0.3) is 82.4 Å². The number of benzene rings is 10. The summed E-state index contributed by atoms with van der Waals surface area (Å²) < 4.78 is 2.48. The van der Waals surface area contributed by atoms with E-state index in [2.05, 4.69) is 242 Å². The zero-order valence-electron chi connectivity index (χ0n) is 34.9. The Morgan fingerprint density at radius 2 is 1.05 bits per heavy atom. The Kier molecular flexibility index (Phi) is 8.30. The molecule has 294 valence electrons. The van der Waals surface area contributed by atoms with Crippen molar-refractivity contribution >= 4 is 54.7 Å². The minimum Gasteiger partial charge on any atom is -0.337 e. The first-order valence-corrected chi connectivity index (χ1v) is 21.7. The molecule has 0 bridgehead atoms. The zero-order valence-corrected chi connectivity index (χ0v) is 34.9. The van der Waals surface area contributed by atoms with Crippen molar-refractivity contribution in [1.82, 2.24) is 4.57 Å². The lowest BCUT2D eigenvalue weighted by Gasteiger charge is -2.29. The van der Waals surface area contributed by atoms with Crippen LogP contribution in [0.4, 0.5) is 11.4 Å². The largest absolute Gasteiger partial charge is 0.337 e. The molecule has 0 saturated heterocycles. The van der Waals surface area contributed by atoms with Crippen LogP contribution in [-0.4, -0.2) is 4.57 Å². The number of rotatable bonds is 7. The number of para-hydroxylation sites is 1. The van der Waals surface area contributed by atoms with Crippen molar-refractivity contribution in [3.05, 3.63) is 235 Å². The molecule has 0 saturated carbocycles. The van der Waals surface area contributed by atoms with E-state index < -0.39 is 0 Å². The van der Waals surface area contributed by atoms with Crippen LogP contribution in [0.3, 0.4) is 0 Å². The Hall–Kier alpha value is -7.68. The molecular formula is C60H44N2. The summed E-state index contributed by atoms with van der Waals surface area (Å²) in [6.45, 7) is 5.44. The van der Waals surface area contributed by atoms with Crippen LogP contribution in [0.2, 0.25) is 0 Å². The van der Waals surface area contributed by atoms with E-state index in [1.807, 2.05) is 0 Å². The Morgan fingerprint density at radius 1 is 0.403 bits per heavy atom. The zero-order chi connectivity index (χ0) is 41.4. The highest BCUT2D eigenvalue weighted by Gasteiger charge is 2.35. The molecule has 0 N–H and O–H groups in total. The molecule has 11 aromatic rings. The van der Waals surface area contributed by atoms with E-state index in [-0.39, 0.29) is 5.41 Å². The first-order valence-electron chi connectivity index (χ1n) is 21.7. The van der Waals surface area contributed by atoms with E-state index in [1.54, 1.807) is 0 Å². The molecule has 0 spiro atoms. The molecule has 1 aliphatic carbocycles. The third-order valence-corrected chi connectivity index (χ3v) is 13.5. The second-order valence-electron chi connectivity index (χ2n) is 17.3. The number of fused-ring (bicyclic) bond motifs is 9. The molecule has 62 heavy (non-hydrogen) atoms. The van der Waals surface area contributed by atoms with Gasteiger partial charge in [0.05, 0.1) is 11.0 Å². The van der Waals surface area contributed by atoms with Crippen molar-refractivity contribution in [1.29, 1.82) is 0 Å². The van der Waals surface area contributed by atoms with Gasteiger partial charge in [-0.05, 0) is 114 Å². The van der Waals surface area contributed by atoms with Gasteiger partial charge < -0.3 is 9.47 Å². The van der Waals surface area contributed by atoms with Crippen molar-refractivity contribution in [2.45, 2.75) is 25.8 Å². The summed E-state index contributed by atoms with van der Waals surface area (Å²) in [5.41, 5.74) is 17.4. The molecule has 12 rings (SSSR count). The molecule has 1 heterocycles. The fourth-order valence-corrected chi connectivity index (χ4v) is 10.5. The van der Waals surface area contributed by atoms with E-state index in [4.69, 9.17) is 0 Å². The number of hydrogen-bond acceptors (Lipinski definition) is 1. The van der Waals surface area contributed by atoms with Crippen LogP contribution in [0.1, 0.15) is 30.5 Å². The van der Waals surface area contributed by atoms with E-state index in [9.17, 15) is 0 Å². The number of nitrogens with zero attached hydrogens (tertiary/aromatic N) is 2. The van der Waals surface area contributed by atoms with Crippen LogP contribution >= 0.6 is 0 Å². The fraction of sp³-hybridized carbons (Fsp3) is 0.0667. The van der Waals surface area contributed by atoms with Crippen molar-refractivity contribution in [3.63, 3.8) is 0 Å². The van der Waals surface area contributed by atoms with Crippen molar-refractivity contribution in [2.75, 3.05) is 4.90 Å². The predicted molar refractivity (Wildman–Crippen MR) is 263 cm³/mol. The maximum atomic E-state index is 2.52. The SMILES string of the molecule is CC1(C)c2ccccc2-c2ccc(N(Cc3ccccc3-c3ccccc3)c3cccc(-n4c5ccccc5c5c6c(-c7cccc8ccccc78)cccc6ccc54)c3)cc21. The maximum Gasteiger partial charge on any atom is 0.0547 e. The summed E-state index contributed by atoms with van der Waals surface area (Å²) in [6.07, 6.45) is 0. The lowest BCUT2D eigenvalue weighted by atomic mass is 9.82. The molecule has 0 atom stereocenters.